The molecule has 0 amide bonds. The molecule has 3 N–H and O–H groups in total. The van der Waals surface area contributed by atoms with Crippen LogP contribution in [0.4, 0.5) is 0 Å². The van der Waals surface area contributed by atoms with E-state index in [1.54, 1.807) is 30.3 Å². The molecule has 1 rings (SSSR count). The van der Waals surface area contributed by atoms with Crippen LogP contribution in [0.2, 0.25) is 0 Å². The first-order valence-electron chi connectivity index (χ1n) is 9.19. The lowest BCUT2D eigenvalue weighted by molar-refractivity contribution is -0.0130. The van der Waals surface area contributed by atoms with Crippen LogP contribution in [-0.2, 0) is 0 Å². The smallest absolute Gasteiger partial charge is 0.191 e. The molecule has 4 heteroatoms. The summed E-state index contributed by atoms with van der Waals surface area (Å²) in [6, 6.07) is 8.52. The molecule has 3 atom stereocenters. The molecule has 0 bridgehead atoms. The minimum atomic E-state index is -1.29. The molecule has 0 aliphatic carbocycles. The highest BCUT2D eigenvalue weighted by molar-refractivity contribution is 5.99. The van der Waals surface area contributed by atoms with Crippen molar-refractivity contribution in [2.75, 3.05) is 0 Å². The number of benzene rings is 1. The van der Waals surface area contributed by atoms with E-state index < -0.39 is 24.1 Å². The molecule has 136 valence electrons. The summed E-state index contributed by atoms with van der Waals surface area (Å²) in [7, 11) is 0. The maximum Gasteiger partial charge on any atom is 0.191 e. The molecule has 1 aromatic rings. The fraction of sp³-hybridized carbons (Fsp3) is 0.650. The molecule has 0 aliphatic rings. The summed E-state index contributed by atoms with van der Waals surface area (Å²) in [5, 5.41) is 29.9. The number of aliphatic hydroxyl groups is 3. The highest BCUT2D eigenvalue weighted by Gasteiger charge is 2.24. The van der Waals surface area contributed by atoms with Gasteiger partial charge in [-0.2, -0.15) is 0 Å². The van der Waals surface area contributed by atoms with Crippen LogP contribution in [0.3, 0.4) is 0 Å². The third kappa shape index (κ3) is 8.04. The van der Waals surface area contributed by atoms with Crippen molar-refractivity contribution in [2.45, 2.75) is 83.0 Å². The number of Topliss-reactive ketones (excluding diaryl/α,β-unsaturated/α-hetero) is 1. The highest BCUT2D eigenvalue weighted by Crippen LogP contribution is 2.15. The van der Waals surface area contributed by atoms with E-state index in [4.69, 9.17) is 0 Å². The van der Waals surface area contributed by atoms with Gasteiger partial charge in [0.15, 0.2) is 5.78 Å². The second-order valence-electron chi connectivity index (χ2n) is 6.53. The van der Waals surface area contributed by atoms with E-state index in [1.165, 1.54) is 25.7 Å². The zero-order valence-corrected chi connectivity index (χ0v) is 14.7. The van der Waals surface area contributed by atoms with Gasteiger partial charge in [-0.25, -0.2) is 0 Å². The summed E-state index contributed by atoms with van der Waals surface area (Å²) in [5.74, 6) is -0.419. The van der Waals surface area contributed by atoms with Gasteiger partial charge in [-0.15, -0.1) is 0 Å². The van der Waals surface area contributed by atoms with E-state index in [1.807, 2.05) is 0 Å². The van der Waals surface area contributed by atoms with Crippen molar-refractivity contribution in [3.05, 3.63) is 35.9 Å². The number of carbonyl (C=O) groups excluding carboxylic acids is 1. The molecular formula is C20H32O4. The van der Waals surface area contributed by atoms with E-state index in [0.29, 0.717) is 12.0 Å². The molecule has 0 aromatic heterocycles. The molecule has 1 aromatic carbocycles. The molecule has 0 aliphatic heterocycles. The Bertz CT molecular complexity index is 446. The van der Waals surface area contributed by atoms with Crippen LogP contribution in [-0.4, -0.2) is 39.4 Å². The van der Waals surface area contributed by atoms with Gasteiger partial charge in [0, 0.05) is 12.0 Å². The number of unbranched alkanes of at least 4 members (excludes halogenated alkanes) is 6. The monoisotopic (exact) mass is 336 g/mol. The Hall–Kier alpha value is -1.23. The SMILES string of the molecule is CCCCCCCCCC(O)C(O)CC(O)C(=O)c1ccccc1. The first kappa shape index (κ1) is 20.8. The third-order valence-electron chi connectivity index (χ3n) is 4.37. The van der Waals surface area contributed by atoms with E-state index >= 15 is 0 Å². The second-order valence-corrected chi connectivity index (χ2v) is 6.53. The van der Waals surface area contributed by atoms with E-state index in [-0.39, 0.29) is 6.42 Å². The Balaban J connectivity index is 2.23. The summed E-state index contributed by atoms with van der Waals surface area (Å²) in [5.41, 5.74) is 0.416. The lowest BCUT2D eigenvalue weighted by Crippen LogP contribution is -2.33. The molecular weight excluding hydrogens is 304 g/mol. The van der Waals surface area contributed by atoms with Crippen molar-refractivity contribution < 1.29 is 20.1 Å². The molecule has 0 heterocycles. The van der Waals surface area contributed by atoms with Gasteiger partial charge in [0.1, 0.15) is 6.10 Å². The maximum atomic E-state index is 12.0. The number of rotatable bonds is 13. The zero-order valence-electron chi connectivity index (χ0n) is 14.7. The molecule has 0 radical (unpaired) electrons. The quantitative estimate of drug-likeness (QED) is 0.381. The summed E-state index contributed by atoms with van der Waals surface area (Å²) in [6.45, 7) is 2.19. The Morgan fingerprint density at radius 3 is 2.08 bits per heavy atom. The van der Waals surface area contributed by atoms with Crippen molar-refractivity contribution in [1.82, 2.24) is 0 Å². The largest absolute Gasteiger partial charge is 0.390 e. The summed E-state index contributed by atoms with van der Waals surface area (Å²) < 4.78 is 0. The van der Waals surface area contributed by atoms with Gasteiger partial charge in [0.05, 0.1) is 12.2 Å². The first-order valence-corrected chi connectivity index (χ1v) is 9.19. The Morgan fingerprint density at radius 2 is 1.46 bits per heavy atom. The van der Waals surface area contributed by atoms with E-state index in [0.717, 1.165) is 19.3 Å². The minimum Gasteiger partial charge on any atom is -0.390 e. The van der Waals surface area contributed by atoms with E-state index in [2.05, 4.69) is 6.92 Å². The molecule has 3 unspecified atom stereocenters. The number of aliphatic hydroxyl groups excluding tert-OH is 3. The van der Waals surface area contributed by atoms with Gasteiger partial charge in [-0.05, 0) is 6.42 Å². The van der Waals surface area contributed by atoms with Crippen LogP contribution in [0.5, 0.6) is 0 Å². The molecule has 0 saturated carbocycles. The molecule has 4 nitrogen and oxygen atoms in total. The number of carbonyl (C=O) groups is 1. The predicted molar refractivity (Wildman–Crippen MR) is 96.0 cm³/mol. The standard InChI is InChI=1S/C20H32O4/c1-2-3-4-5-6-7-11-14-17(21)18(22)15-19(23)20(24)16-12-9-8-10-13-16/h8-10,12-13,17-19,21-23H,2-7,11,14-15H2,1H3. The van der Waals surface area contributed by atoms with Crippen molar-refractivity contribution in [3.63, 3.8) is 0 Å². The van der Waals surface area contributed by atoms with Crippen molar-refractivity contribution >= 4 is 5.78 Å². The van der Waals surface area contributed by atoms with Crippen LogP contribution >= 0.6 is 0 Å². The molecule has 0 saturated heterocycles. The average Bonchev–Trinajstić information content (AvgIpc) is 2.60. The van der Waals surface area contributed by atoms with Crippen LogP contribution in [0.1, 0.15) is 75.1 Å². The zero-order chi connectivity index (χ0) is 17.8. The number of hydrogen-bond donors (Lipinski definition) is 3. The lowest BCUT2D eigenvalue weighted by Gasteiger charge is -2.20. The first-order chi connectivity index (χ1) is 11.6. The van der Waals surface area contributed by atoms with Crippen molar-refractivity contribution in [3.8, 4) is 0 Å². The number of ketones is 1. The summed E-state index contributed by atoms with van der Waals surface area (Å²) in [4.78, 5) is 12.0. The van der Waals surface area contributed by atoms with Gasteiger partial charge in [0.25, 0.3) is 0 Å². The van der Waals surface area contributed by atoms with Gasteiger partial charge in [-0.1, -0.05) is 82.2 Å². The van der Waals surface area contributed by atoms with Crippen LogP contribution in [0.15, 0.2) is 30.3 Å². The Labute approximate surface area is 145 Å². The maximum absolute atomic E-state index is 12.0. The Morgan fingerprint density at radius 1 is 0.875 bits per heavy atom. The highest BCUT2D eigenvalue weighted by atomic mass is 16.3. The second kappa shape index (κ2) is 12.2. The third-order valence-corrected chi connectivity index (χ3v) is 4.37. The fourth-order valence-electron chi connectivity index (χ4n) is 2.79. The van der Waals surface area contributed by atoms with Gasteiger partial charge >= 0.3 is 0 Å². The summed E-state index contributed by atoms with van der Waals surface area (Å²) >= 11 is 0. The van der Waals surface area contributed by atoms with Crippen molar-refractivity contribution in [1.29, 1.82) is 0 Å². The van der Waals surface area contributed by atoms with Gasteiger partial charge in [0.2, 0.25) is 0 Å². The lowest BCUT2D eigenvalue weighted by atomic mass is 9.96. The fourth-order valence-corrected chi connectivity index (χ4v) is 2.79. The van der Waals surface area contributed by atoms with Crippen molar-refractivity contribution in [2.24, 2.45) is 0 Å². The molecule has 0 spiro atoms. The molecule has 0 fully saturated rings. The molecule has 24 heavy (non-hydrogen) atoms. The van der Waals surface area contributed by atoms with Crippen LogP contribution in [0, 0.1) is 0 Å². The van der Waals surface area contributed by atoms with Gasteiger partial charge in [-0.3, -0.25) is 4.79 Å². The topological polar surface area (TPSA) is 77.8 Å². The van der Waals surface area contributed by atoms with E-state index in [9.17, 15) is 20.1 Å². The minimum absolute atomic E-state index is 0.134. The van der Waals surface area contributed by atoms with Crippen LogP contribution in [0.25, 0.3) is 0 Å². The number of hydrogen-bond acceptors (Lipinski definition) is 4. The Kier molecular flexibility index (Phi) is 10.6. The predicted octanol–water partition coefficient (Wildman–Crippen LogP) is 3.48. The average molecular weight is 336 g/mol. The van der Waals surface area contributed by atoms with Gasteiger partial charge < -0.3 is 15.3 Å². The van der Waals surface area contributed by atoms with Crippen LogP contribution < -0.4 is 0 Å². The summed E-state index contributed by atoms with van der Waals surface area (Å²) in [6.07, 6.45) is 5.14. The normalized spacial score (nSPS) is 15.0.